The van der Waals surface area contributed by atoms with Crippen LogP contribution in [0.25, 0.3) is 0 Å². The summed E-state index contributed by atoms with van der Waals surface area (Å²) in [5, 5.41) is 12.3. The molecule has 1 heterocycles. The number of aromatic hydroxyl groups is 1. The summed E-state index contributed by atoms with van der Waals surface area (Å²) in [5.41, 5.74) is 0.977. The van der Waals surface area contributed by atoms with Gasteiger partial charge in [-0.15, -0.1) is 0 Å². The van der Waals surface area contributed by atoms with Gasteiger partial charge in [-0.3, -0.25) is 0 Å². The van der Waals surface area contributed by atoms with Gasteiger partial charge in [0.2, 0.25) is 11.2 Å². The first kappa shape index (κ1) is 14.3. The Hall–Kier alpha value is -2.08. The zero-order valence-corrected chi connectivity index (χ0v) is 11.9. The Morgan fingerprint density at radius 2 is 1.90 bits per heavy atom. The van der Waals surface area contributed by atoms with Gasteiger partial charge in [0, 0.05) is 6.54 Å². The standard InChI is InChI=1S/C13H15ClN4O2/c1-8(2)20-13-17-11(14)16-12(18-13)15-7-9-3-5-10(19)6-4-9/h3-6,8,19H,7H2,1-2H3,(H,15,16,17,18). The van der Waals surface area contributed by atoms with E-state index in [0.717, 1.165) is 5.56 Å². The van der Waals surface area contributed by atoms with E-state index in [1.54, 1.807) is 24.3 Å². The number of phenols is 1. The van der Waals surface area contributed by atoms with Crippen molar-refractivity contribution in [2.45, 2.75) is 26.5 Å². The fraction of sp³-hybridized carbons (Fsp3) is 0.308. The van der Waals surface area contributed by atoms with Crippen molar-refractivity contribution in [3.63, 3.8) is 0 Å². The smallest absolute Gasteiger partial charge is 0.322 e. The SMILES string of the molecule is CC(C)Oc1nc(Cl)nc(NCc2ccc(O)cc2)n1. The number of nitrogens with zero attached hydrogens (tertiary/aromatic N) is 3. The molecular formula is C13H15ClN4O2. The Morgan fingerprint density at radius 1 is 1.20 bits per heavy atom. The maximum absolute atomic E-state index is 9.21. The number of nitrogens with one attached hydrogen (secondary N) is 1. The molecule has 2 aromatic rings. The van der Waals surface area contributed by atoms with Crippen LogP contribution in [-0.2, 0) is 6.54 Å². The van der Waals surface area contributed by atoms with Crippen molar-refractivity contribution in [3.8, 4) is 11.8 Å². The summed E-state index contributed by atoms with van der Waals surface area (Å²) in [5.74, 6) is 0.568. The first-order chi connectivity index (χ1) is 9.52. The highest BCUT2D eigenvalue weighted by atomic mass is 35.5. The maximum atomic E-state index is 9.21. The Morgan fingerprint density at radius 3 is 2.55 bits per heavy atom. The third-order valence-electron chi connectivity index (χ3n) is 2.32. The van der Waals surface area contributed by atoms with Crippen LogP contribution in [0.2, 0.25) is 5.28 Å². The number of anilines is 1. The van der Waals surface area contributed by atoms with E-state index in [1.807, 2.05) is 13.8 Å². The molecule has 0 amide bonds. The van der Waals surface area contributed by atoms with Crippen LogP contribution in [0.5, 0.6) is 11.8 Å². The van der Waals surface area contributed by atoms with E-state index in [9.17, 15) is 5.11 Å². The molecule has 0 saturated heterocycles. The summed E-state index contributed by atoms with van der Waals surface area (Å²) in [4.78, 5) is 12.0. The van der Waals surface area contributed by atoms with E-state index in [-0.39, 0.29) is 23.1 Å². The quantitative estimate of drug-likeness (QED) is 0.882. The Kier molecular flexibility index (Phi) is 4.57. The Labute approximate surface area is 121 Å². The molecule has 1 aromatic heterocycles. The second-order valence-electron chi connectivity index (χ2n) is 4.40. The largest absolute Gasteiger partial charge is 0.508 e. The minimum Gasteiger partial charge on any atom is -0.508 e. The van der Waals surface area contributed by atoms with Crippen LogP contribution in [0, 0.1) is 0 Å². The number of ether oxygens (including phenoxy) is 1. The predicted octanol–water partition coefficient (Wildman–Crippen LogP) is 2.63. The number of hydrogen-bond donors (Lipinski definition) is 2. The van der Waals surface area contributed by atoms with Gasteiger partial charge in [-0.2, -0.15) is 15.0 Å². The van der Waals surface area contributed by atoms with Gasteiger partial charge in [-0.05, 0) is 43.1 Å². The average Bonchev–Trinajstić information content (AvgIpc) is 2.36. The third-order valence-corrected chi connectivity index (χ3v) is 2.48. The minimum absolute atomic E-state index is 0.0431. The molecule has 0 atom stereocenters. The van der Waals surface area contributed by atoms with Crippen LogP contribution in [0.3, 0.4) is 0 Å². The summed E-state index contributed by atoms with van der Waals surface area (Å²) in [6.07, 6.45) is -0.0431. The van der Waals surface area contributed by atoms with Crippen molar-refractivity contribution < 1.29 is 9.84 Å². The summed E-state index contributed by atoms with van der Waals surface area (Å²) >= 11 is 5.82. The van der Waals surface area contributed by atoms with Crippen LogP contribution in [0.1, 0.15) is 19.4 Å². The molecule has 0 spiro atoms. The van der Waals surface area contributed by atoms with E-state index in [4.69, 9.17) is 16.3 Å². The molecule has 2 rings (SSSR count). The van der Waals surface area contributed by atoms with Crippen LogP contribution >= 0.6 is 11.6 Å². The number of halogens is 1. The zero-order chi connectivity index (χ0) is 14.5. The van der Waals surface area contributed by atoms with Gasteiger partial charge in [-0.25, -0.2) is 0 Å². The second-order valence-corrected chi connectivity index (χ2v) is 4.74. The Bertz CT molecular complexity index is 575. The molecule has 0 fully saturated rings. The van der Waals surface area contributed by atoms with Crippen LogP contribution in [0.4, 0.5) is 5.95 Å². The topological polar surface area (TPSA) is 80.2 Å². The number of hydrogen-bond acceptors (Lipinski definition) is 6. The van der Waals surface area contributed by atoms with Gasteiger partial charge in [0.1, 0.15) is 5.75 Å². The van der Waals surface area contributed by atoms with Crippen LogP contribution in [0.15, 0.2) is 24.3 Å². The normalized spacial score (nSPS) is 10.6. The maximum Gasteiger partial charge on any atom is 0.322 e. The summed E-state index contributed by atoms with van der Waals surface area (Å²) in [6, 6.07) is 7.02. The molecule has 0 saturated carbocycles. The molecule has 6 nitrogen and oxygen atoms in total. The van der Waals surface area contributed by atoms with Crippen molar-refractivity contribution in [1.29, 1.82) is 0 Å². The van der Waals surface area contributed by atoms with Crippen molar-refractivity contribution in [3.05, 3.63) is 35.1 Å². The predicted molar refractivity (Wildman–Crippen MR) is 76.0 cm³/mol. The lowest BCUT2D eigenvalue weighted by molar-refractivity contribution is 0.222. The molecule has 20 heavy (non-hydrogen) atoms. The molecule has 106 valence electrons. The fourth-order valence-electron chi connectivity index (χ4n) is 1.47. The van der Waals surface area contributed by atoms with Gasteiger partial charge >= 0.3 is 6.01 Å². The number of benzene rings is 1. The lowest BCUT2D eigenvalue weighted by atomic mass is 10.2. The van der Waals surface area contributed by atoms with Crippen molar-refractivity contribution in [1.82, 2.24) is 15.0 Å². The van der Waals surface area contributed by atoms with Crippen LogP contribution < -0.4 is 10.1 Å². The first-order valence-corrected chi connectivity index (χ1v) is 6.51. The third kappa shape index (κ3) is 4.24. The first-order valence-electron chi connectivity index (χ1n) is 6.13. The van der Waals surface area contributed by atoms with Gasteiger partial charge < -0.3 is 15.2 Å². The molecule has 0 unspecified atom stereocenters. The molecule has 0 aliphatic carbocycles. The highest BCUT2D eigenvalue weighted by molar-refractivity contribution is 6.28. The number of rotatable bonds is 5. The molecule has 7 heteroatoms. The molecule has 0 aliphatic rings. The van der Waals surface area contributed by atoms with Crippen molar-refractivity contribution in [2.24, 2.45) is 0 Å². The molecule has 0 aliphatic heterocycles. The molecule has 1 aromatic carbocycles. The molecule has 0 bridgehead atoms. The molecular weight excluding hydrogens is 280 g/mol. The number of phenolic OH excluding ortho intramolecular Hbond substituents is 1. The fourth-order valence-corrected chi connectivity index (χ4v) is 1.62. The van der Waals surface area contributed by atoms with Gasteiger partial charge in [0.15, 0.2) is 0 Å². The van der Waals surface area contributed by atoms with Gasteiger partial charge in [-0.1, -0.05) is 12.1 Å². The lowest BCUT2D eigenvalue weighted by Crippen LogP contribution is -2.11. The monoisotopic (exact) mass is 294 g/mol. The van der Waals surface area contributed by atoms with E-state index < -0.39 is 0 Å². The Balaban J connectivity index is 2.05. The highest BCUT2D eigenvalue weighted by Gasteiger charge is 2.07. The summed E-state index contributed by atoms with van der Waals surface area (Å²) in [6.45, 7) is 4.25. The summed E-state index contributed by atoms with van der Waals surface area (Å²) in [7, 11) is 0. The second kappa shape index (κ2) is 6.38. The molecule has 0 radical (unpaired) electrons. The van der Waals surface area contributed by atoms with Crippen molar-refractivity contribution >= 4 is 17.5 Å². The van der Waals surface area contributed by atoms with E-state index in [0.29, 0.717) is 12.5 Å². The van der Waals surface area contributed by atoms with Crippen LogP contribution in [-0.4, -0.2) is 26.2 Å². The summed E-state index contributed by atoms with van der Waals surface area (Å²) < 4.78 is 5.38. The van der Waals surface area contributed by atoms with E-state index >= 15 is 0 Å². The van der Waals surface area contributed by atoms with Crippen molar-refractivity contribution in [2.75, 3.05) is 5.32 Å². The van der Waals surface area contributed by atoms with Gasteiger partial charge in [0.05, 0.1) is 6.10 Å². The minimum atomic E-state index is -0.0431. The molecule has 2 N–H and O–H groups in total. The zero-order valence-electron chi connectivity index (χ0n) is 11.2. The average molecular weight is 295 g/mol. The lowest BCUT2D eigenvalue weighted by Gasteiger charge is -2.09. The highest BCUT2D eigenvalue weighted by Crippen LogP contribution is 2.14. The van der Waals surface area contributed by atoms with E-state index in [2.05, 4.69) is 20.3 Å². The van der Waals surface area contributed by atoms with E-state index in [1.165, 1.54) is 0 Å². The van der Waals surface area contributed by atoms with Gasteiger partial charge in [0.25, 0.3) is 0 Å². The number of aromatic nitrogens is 3.